The summed E-state index contributed by atoms with van der Waals surface area (Å²) in [6, 6.07) is 68.7. The maximum absolute atomic E-state index is 5.32. The molecule has 9 aromatic carbocycles. The summed E-state index contributed by atoms with van der Waals surface area (Å²) in [5.74, 6) is 1.93. The number of rotatable bonds is 5. The summed E-state index contributed by atoms with van der Waals surface area (Å²) >= 11 is 0. The predicted octanol–water partition coefficient (Wildman–Crippen LogP) is 13.1. The van der Waals surface area contributed by atoms with Crippen LogP contribution >= 0.6 is 0 Å². The molecule has 55 heavy (non-hydrogen) atoms. The third kappa shape index (κ3) is 5.19. The van der Waals surface area contributed by atoms with Gasteiger partial charge in [-0.05, 0) is 85.9 Å². The Morgan fingerprint density at radius 3 is 1.73 bits per heavy atom. The normalized spacial score (nSPS) is 11.6. The van der Waals surface area contributed by atoms with Crippen LogP contribution in [0.5, 0.6) is 0 Å². The number of hydrogen-bond acceptors (Lipinski definition) is 3. The Morgan fingerprint density at radius 2 is 0.891 bits per heavy atom. The number of fused-ring (bicyclic) bond motifs is 7. The Bertz CT molecular complexity index is 3260. The van der Waals surface area contributed by atoms with E-state index in [4.69, 9.17) is 15.0 Å². The van der Waals surface area contributed by atoms with Gasteiger partial charge in [-0.3, -0.25) is 0 Å². The van der Waals surface area contributed by atoms with E-state index in [0.29, 0.717) is 17.5 Å². The van der Waals surface area contributed by atoms with Gasteiger partial charge in [-0.2, -0.15) is 0 Å². The highest BCUT2D eigenvalue weighted by Gasteiger charge is 2.19. The van der Waals surface area contributed by atoms with Crippen molar-refractivity contribution in [3.05, 3.63) is 194 Å². The van der Waals surface area contributed by atoms with Gasteiger partial charge in [0.1, 0.15) is 0 Å². The van der Waals surface area contributed by atoms with Crippen molar-refractivity contribution < 1.29 is 0 Å². The van der Waals surface area contributed by atoms with E-state index in [9.17, 15) is 0 Å². The quantitative estimate of drug-likeness (QED) is 0.133. The van der Waals surface area contributed by atoms with E-state index in [1.165, 1.54) is 38.0 Å². The van der Waals surface area contributed by atoms with Crippen molar-refractivity contribution in [2.45, 2.75) is 0 Å². The molecule has 4 nitrogen and oxygen atoms in total. The van der Waals surface area contributed by atoms with E-state index in [1.807, 2.05) is 18.2 Å². The zero-order chi connectivity index (χ0) is 36.3. The van der Waals surface area contributed by atoms with Gasteiger partial charge in [-0.15, -0.1) is 0 Å². The fourth-order valence-electron chi connectivity index (χ4n) is 8.24. The molecule has 0 spiro atoms. The topological polar surface area (TPSA) is 43.6 Å². The third-order valence-electron chi connectivity index (χ3n) is 10.8. The third-order valence-corrected chi connectivity index (χ3v) is 10.8. The molecule has 11 rings (SSSR count). The van der Waals surface area contributed by atoms with E-state index < -0.39 is 0 Å². The zero-order valence-corrected chi connectivity index (χ0v) is 29.8. The van der Waals surface area contributed by atoms with Gasteiger partial charge >= 0.3 is 0 Å². The lowest BCUT2D eigenvalue weighted by Crippen LogP contribution is -2.01. The van der Waals surface area contributed by atoms with Crippen LogP contribution in [0.4, 0.5) is 0 Å². The van der Waals surface area contributed by atoms with Crippen LogP contribution in [0.2, 0.25) is 0 Å². The van der Waals surface area contributed by atoms with Gasteiger partial charge in [0.25, 0.3) is 0 Å². The van der Waals surface area contributed by atoms with Crippen molar-refractivity contribution in [1.82, 2.24) is 19.5 Å². The molecule has 0 unspecified atom stereocenters. The van der Waals surface area contributed by atoms with Crippen LogP contribution < -0.4 is 0 Å². The minimum atomic E-state index is 0.634. The van der Waals surface area contributed by atoms with Crippen molar-refractivity contribution in [2.75, 3.05) is 0 Å². The molecule has 0 saturated heterocycles. The van der Waals surface area contributed by atoms with Crippen LogP contribution in [0, 0.1) is 0 Å². The van der Waals surface area contributed by atoms with Crippen LogP contribution in [0.1, 0.15) is 0 Å². The first kappa shape index (κ1) is 31.1. The second kappa shape index (κ2) is 12.6. The molecule has 0 saturated carbocycles. The highest BCUT2D eigenvalue weighted by atomic mass is 15.0. The van der Waals surface area contributed by atoms with Gasteiger partial charge in [0.2, 0.25) is 0 Å². The van der Waals surface area contributed by atoms with Crippen molar-refractivity contribution in [3.8, 4) is 51.0 Å². The van der Waals surface area contributed by atoms with Crippen LogP contribution in [-0.2, 0) is 0 Å². The molecule has 0 bridgehead atoms. The standard InChI is InChI=1S/C51H32N4/c1-3-15-34(16-4-1)49-52-50(54-51(53-49)48-41-23-10-8-17-37(41)32-44-40-22-9-7-14-33(40)26-28-43(44)48)38-19-13-18-35(30-38)36-27-29-47-45(31-36)42-24-11-12-25-46(42)55(47)39-20-5-2-6-21-39/h1-32H. The van der Waals surface area contributed by atoms with Crippen molar-refractivity contribution in [1.29, 1.82) is 0 Å². The molecule has 2 heterocycles. The molecule has 0 aliphatic heterocycles. The highest BCUT2D eigenvalue weighted by Crippen LogP contribution is 2.40. The molecule has 0 atom stereocenters. The lowest BCUT2D eigenvalue weighted by molar-refractivity contribution is 1.08. The van der Waals surface area contributed by atoms with E-state index >= 15 is 0 Å². The molecule has 4 heteroatoms. The average Bonchev–Trinajstić information content (AvgIpc) is 3.60. The zero-order valence-electron chi connectivity index (χ0n) is 29.8. The monoisotopic (exact) mass is 700 g/mol. The van der Waals surface area contributed by atoms with Crippen LogP contribution in [0.25, 0.3) is 105 Å². The second-order valence-electron chi connectivity index (χ2n) is 14.0. The number of aromatic nitrogens is 4. The summed E-state index contributed by atoms with van der Waals surface area (Å²) < 4.78 is 2.35. The lowest BCUT2D eigenvalue weighted by atomic mass is 9.93. The molecule has 0 aliphatic rings. The lowest BCUT2D eigenvalue weighted by Gasteiger charge is -2.15. The minimum absolute atomic E-state index is 0.634. The molecule has 0 N–H and O–H groups in total. The molecule has 0 amide bonds. The first-order valence-corrected chi connectivity index (χ1v) is 18.6. The summed E-state index contributed by atoms with van der Waals surface area (Å²) in [4.78, 5) is 15.7. The van der Waals surface area contributed by atoms with E-state index in [0.717, 1.165) is 49.7 Å². The number of para-hydroxylation sites is 2. The Morgan fingerprint density at radius 1 is 0.291 bits per heavy atom. The first-order valence-electron chi connectivity index (χ1n) is 18.6. The molecule has 256 valence electrons. The maximum Gasteiger partial charge on any atom is 0.165 e. The van der Waals surface area contributed by atoms with Crippen LogP contribution in [0.3, 0.4) is 0 Å². The Balaban J connectivity index is 1.11. The molecule has 2 aromatic heterocycles. The molecule has 11 aromatic rings. The number of benzene rings is 9. The minimum Gasteiger partial charge on any atom is -0.309 e. The van der Waals surface area contributed by atoms with Gasteiger partial charge in [0, 0.05) is 33.2 Å². The van der Waals surface area contributed by atoms with E-state index in [2.05, 4.69) is 180 Å². The number of nitrogens with zero attached hydrogens (tertiary/aromatic N) is 4. The largest absolute Gasteiger partial charge is 0.309 e. The van der Waals surface area contributed by atoms with E-state index in [-0.39, 0.29) is 0 Å². The van der Waals surface area contributed by atoms with Gasteiger partial charge in [-0.1, -0.05) is 152 Å². The summed E-state index contributed by atoms with van der Waals surface area (Å²) in [7, 11) is 0. The number of hydrogen-bond donors (Lipinski definition) is 0. The summed E-state index contributed by atoms with van der Waals surface area (Å²) in [5.41, 5.74) is 8.63. The molecule has 0 aliphatic carbocycles. The Hall–Kier alpha value is -7.43. The highest BCUT2D eigenvalue weighted by molar-refractivity contribution is 6.19. The average molecular weight is 701 g/mol. The Kier molecular flexibility index (Phi) is 7.14. The summed E-state index contributed by atoms with van der Waals surface area (Å²) in [6.45, 7) is 0. The molecular weight excluding hydrogens is 669 g/mol. The smallest absolute Gasteiger partial charge is 0.165 e. The first-order chi connectivity index (χ1) is 27.3. The van der Waals surface area contributed by atoms with E-state index in [1.54, 1.807) is 0 Å². The fraction of sp³-hybridized carbons (Fsp3) is 0. The van der Waals surface area contributed by atoms with Crippen molar-refractivity contribution in [2.24, 2.45) is 0 Å². The van der Waals surface area contributed by atoms with Crippen molar-refractivity contribution >= 4 is 54.1 Å². The van der Waals surface area contributed by atoms with Gasteiger partial charge in [-0.25, -0.2) is 15.0 Å². The SMILES string of the molecule is c1ccc(-c2nc(-c3cccc(-c4ccc5c(c4)c4ccccc4n5-c4ccccc4)c3)nc(-c3c4ccccc4cc4c3ccc3ccccc34)n2)cc1. The maximum atomic E-state index is 5.32. The molecule has 0 fully saturated rings. The second-order valence-corrected chi connectivity index (χ2v) is 14.0. The van der Waals surface area contributed by atoms with Crippen molar-refractivity contribution in [3.63, 3.8) is 0 Å². The van der Waals surface area contributed by atoms with Crippen LogP contribution in [0.15, 0.2) is 194 Å². The van der Waals surface area contributed by atoms with Gasteiger partial charge in [0.05, 0.1) is 11.0 Å². The Labute approximate surface area is 317 Å². The molecular formula is C51H32N4. The fourth-order valence-corrected chi connectivity index (χ4v) is 8.24. The van der Waals surface area contributed by atoms with Crippen LogP contribution in [-0.4, -0.2) is 19.5 Å². The molecule has 0 radical (unpaired) electrons. The summed E-state index contributed by atoms with van der Waals surface area (Å²) in [6.07, 6.45) is 0. The van der Waals surface area contributed by atoms with Gasteiger partial charge < -0.3 is 4.57 Å². The van der Waals surface area contributed by atoms with Gasteiger partial charge in [0.15, 0.2) is 17.5 Å². The summed E-state index contributed by atoms with van der Waals surface area (Å²) in [5, 5.41) is 9.41. The predicted molar refractivity (Wildman–Crippen MR) is 228 cm³/mol.